The minimum Gasteiger partial charge on any atom is -0.465 e. The van der Waals surface area contributed by atoms with Crippen LogP contribution in [-0.2, 0) is 19.0 Å². The normalized spacial score (nSPS) is 31.8. The second kappa shape index (κ2) is 6.68. The molecular formula is C14H25NO4. The van der Waals surface area contributed by atoms with Gasteiger partial charge in [-0.3, -0.25) is 4.79 Å². The number of hydrogen-bond donors (Lipinski definition) is 1. The largest absolute Gasteiger partial charge is 0.465 e. The lowest BCUT2D eigenvalue weighted by molar-refractivity contribution is -0.174. The van der Waals surface area contributed by atoms with E-state index in [-0.39, 0.29) is 18.2 Å². The predicted molar refractivity (Wildman–Crippen MR) is 71.0 cm³/mol. The molecule has 0 aromatic carbocycles. The third-order valence-electron chi connectivity index (χ3n) is 3.88. The van der Waals surface area contributed by atoms with Crippen molar-refractivity contribution in [1.29, 1.82) is 0 Å². The maximum atomic E-state index is 12.3. The summed E-state index contributed by atoms with van der Waals surface area (Å²) in [4.78, 5) is 12.3. The standard InChI is InChI=1S/C14H25NO4/c1-3-15-14(13(16)18-4-2)7-5-6-11(8-14)19-12-9-17-10-12/h11-12,15H,3-10H2,1-2H3. The first-order valence-electron chi connectivity index (χ1n) is 7.35. The van der Waals surface area contributed by atoms with Crippen LogP contribution in [0.3, 0.4) is 0 Å². The van der Waals surface area contributed by atoms with Gasteiger partial charge in [-0.05, 0) is 32.7 Å². The van der Waals surface area contributed by atoms with Crippen LogP contribution in [0.4, 0.5) is 0 Å². The molecule has 0 bridgehead atoms. The zero-order valence-corrected chi connectivity index (χ0v) is 11.9. The molecule has 19 heavy (non-hydrogen) atoms. The third-order valence-corrected chi connectivity index (χ3v) is 3.88. The van der Waals surface area contributed by atoms with Gasteiger partial charge in [0.1, 0.15) is 11.6 Å². The molecule has 2 aliphatic rings. The van der Waals surface area contributed by atoms with Crippen LogP contribution in [0.2, 0.25) is 0 Å². The third kappa shape index (κ3) is 3.46. The number of ether oxygens (including phenoxy) is 3. The van der Waals surface area contributed by atoms with Gasteiger partial charge < -0.3 is 19.5 Å². The Labute approximate surface area is 115 Å². The molecule has 110 valence electrons. The maximum Gasteiger partial charge on any atom is 0.326 e. The molecule has 2 fully saturated rings. The zero-order valence-electron chi connectivity index (χ0n) is 11.9. The van der Waals surface area contributed by atoms with Crippen molar-refractivity contribution >= 4 is 5.97 Å². The maximum absolute atomic E-state index is 12.3. The number of carbonyl (C=O) groups excluding carboxylic acids is 1. The minimum absolute atomic E-state index is 0.130. The first-order valence-corrected chi connectivity index (χ1v) is 7.35. The number of carbonyl (C=O) groups is 1. The van der Waals surface area contributed by atoms with Gasteiger partial charge in [0.25, 0.3) is 0 Å². The van der Waals surface area contributed by atoms with Crippen molar-refractivity contribution in [1.82, 2.24) is 5.32 Å². The number of nitrogens with one attached hydrogen (secondary N) is 1. The average molecular weight is 271 g/mol. The molecule has 0 spiro atoms. The van der Waals surface area contributed by atoms with Crippen molar-refractivity contribution in [3.05, 3.63) is 0 Å². The Morgan fingerprint density at radius 2 is 2.16 bits per heavy atom. The van der Waals surface area contributed by atoms with Crippen LogP contribution in [0.25, 0.3) is 0 Å². The Hall–Kier alpha value is -0.650. The van der Waals surface area contributed by atoms with Gasteiger partial charge in [-0.25, -0.2) is 0 Å². The molecule has 5 heteroatoms. The summed E-state index contributed by atoms with van der Waals surface area (Å²) in [5.41, 5.74) is -0.557. The Balaban J connectivity index is 1.97. The van der Waals surface area contributed by atoms with E-state index in [0.29, 0.717) is 26.2 Å². The van der Waals surface area contributed by atoms with E-state index in [9.17, 15) is 4.79 Å². The van der Waals surface area contributed by atoms with E-state index in [1.54, 1.807) is 0 Å². The quantitative estimate of drug-likeness (QED) is 0.737. The highest BCUT2D eigenvalue weighted by Crippen LogP contribution is 2.32. The lowest BCUT2D eigenvalue weighted by atomic mass is 9.79. The van der Waals surface area contributed by atoms with Crippen LogP contribution in [0.5, 0.6) is 0 Å². The van der Waals surface area contributed by atoms with Crippen LogP contribution in [0.1, 0.15) is 39.5 Å². The molecule has 1 heterocycles. The molecular weight excluding hydrogens is 246 g/mol. The summed E-state index contributed by atoms with van der Waals surface area (Å²) >= 11 is 0. The summed E-state index contributed by atoms with van der Waals surface area (Å²) in [6.07, 6.45) is 3.89. The Kier molecular flexibility index (Phi) is 5.19. The lowest BCUT2D eigenvalue weighted by Crippen LogP contribution is -2.57. The minimum atomic E-state index is -0.557. The van der Waals surface area contributed by atoms with Crippen molar-refractivity contribution in [2.45, 2.75) is 57.3 Å². The number of esters is 1. The van der Waals surface area contributed by atoms with Crippen molar-refractivity contribution in [3.8, 4) is 0 Å². The van der Waals surface area contributed by atoms with Crippen LogP contribution < -0.4 is 5.32 Å². The number of rotatable bonds is 6. The van der Waals surface area contributed by atoms with Gasteiger partial charge in [0, 0.05) is 6.42 Å². The molecule has 2 rings (SSSR count). The topological polar surface area (TPSA) is 56.8 Å². The van der Waals surface area contributed by atoms with Gasteiger partial charge in [0.05, 0.1) is 25.9 Å². The smallest absolute Gasteiger partial charge is 0.326 e. The van der Waals surface area contributed by atoms with E-state index in [1.165, 1.54) is 0 Å². The fraction of sp³-hybridized carbons (Fsp3) is 0.929. The molecule has 0 aromatic rings. The highest BCUT2D eigenvalue weighted by molar-refractivity contribution is 5.81. The van der Waals surface area contributed by atoms with Gasteiger partial charge in [0.15, 0.2) is 0 Å². The second-order valence-electron chi connectivity index (χ2n) is 5.35. The number of likely N-dealkylation sites (N-methyl/N-ethyl adjacent to an activating group) is 1. The second-order valence-corrected chi connectivity index (χ2v) is 5.35. The molecule has 1 saturated carbocycles. The van der Waals surface area contributed by atoms with Crippen molar-refractivity contribution < 1.29 is 19.0 Å². The van der Waals surface area contributed by atoms with Gasteiger partial charge in [-0.15, -0.1) is 0 Å². The molecule has 2 atom stereocenters. The Morgan fingerprint density at radius 3 is 2.74 bits per heavy atom. The van der Waals surface area contributed by atoms with Gasteiger partial charge in [0.2, 0.25) is 0 Å². The average Bonchev–Trinajstić information content (AvgIpc) is 2.35. The summed E-state index contributed by atoms with van der Waals surface area (Å²) < 4.78 is 16.4. The first-order chi connectivity index (χ1) is 9.20. The van der Waals surface area contributed by atoms with E-state index < -0.39 is 5.54 Å². The van der Waals surface area contributed by atoms with Gasteiger partial charge in [-0.2, -0.15) is 0 Å². The van der Waals surface area contributed by atoms with Gasteiger partial charge >= 0.3 is 5.97 Å². The summed E-state index contributed by atoms with van der Waals surface area (Å²) in [6.45, 7) is 6.42. The van der Waals surface area contributed by atoms with Crippen LogP contribution in [0.15, 0.2) is 0 Å². The summed E-state index contributed by atoms with van der Waals surface area (Å²) in [5.74, 6) is -0.130. The highest BCUT2D eigenvalue weighted by Gasteiger charge is 2.44. The van der Waals surface area contributed by atoms with Crippen molar-refractivity contribution in [3.63, 3.8) is 0 Å². The van der Waals surface area contributed by atoms with E-state index in [1.807, 2.05) is 13.8 Å². The fourth-order valence-corrected chi connectivity index (χ4v) is 2.93. The Morgan fingerprint density at radius 1 is 1.37 bits per heavy atom. The summed E-state index contributed by atoms with van der Waals surface area (Å²) in [7, 11) is 0. The van der Waals surface area contributed by atoms with Crippen LogP contribution in [0, 0.1) is 0 Å². The van der Waals surface area contributed by atoms with E-state index in [4.69, 9.17) is 14.2 Å². The fourth-order valence-electron chi connectivity index (χ4n) is 2.93. The molecule has 0 radical (unpaired) electrons. The van der Waals surface area contributed by atoms with Crippen LogP contribution >= 0.6 is 0 Å². The molecule has 2 unspecified atom stereocenters. The summed E-state index contributed by atoms with van der Waals surface area (Å²) in [5, 5.41) is 3.34. The molecule has 0 amide bonds. The molecule has 5 nitrogen and oxygen atoms in total. The predicted octanol–water partition coefficient (Wildman–Crippen LogP) is 1.26. The SMILES string of the molecule is CCNC1(C(=O)OCC)CCCC(OC2COC2)C1. The zero-order chi connectivity index (χ0) is 13.7. The highest BCUT2D eigenvalue weighted by atomic mass is 16.6. The first kappa shape index (κ1) is 14.8. The van der Waals surface area contributed by atoms with E-state index in [2.05, 4.69) is 5.32 Å². The summed E-state index contributed by atoms with van der Waals surface area (Å²) in [6, 6.07) is 0. The molecule has 1 aliphatic carbocycles. The monoisotopic (exact) mass is 271 g/mol. The van der Waals surface area contributed by atoms with E-state index >= 15 is 0 Å². The molecule has 0 aromatic heterocycles. The van der Waals surface area contributed by atoms with Crippen molar-refractivity contribution in [2.24, 2.45) is 0 Å². The molecule has 1 N–H and O–H groups in total. The molecule has 1 aliphatic heterocycles. The molecule has 1 saturated heterocycles. The Bertz CT molecular complexity index is 302. The lowest BCUT2D eigenvalue weighted by Gasteiger charge is -2.41. The van der Waals surface area contributed by atoms with Gasteiger partial charge in [-0.1, -0.05) is 6.92 Å². The van der Waals surface area contributed by atoms with Crippen molar-refractivity contribution in [2.75, 3.05) is 26.4 Å². The number of hydrogen-bond acceptors (Lipinski definition) is 5. The van der Waals surface area contributed by atoms with Crippen LogP contribution in [-0.4, -0.2) is 50.1 Å². The van der Waals surface area contributed by atoms with E-state index in [0.717, 1.165) is 25.8 Å².